The van der Waals surface area contributed by atoms with E-state index in [-0.39, 0.29) is 47.7 Å². The second kappa shape index (κ2) is 4.44. The quantitative estimate of drug-likeness (QED) is 0.736. The van der Waals surface area contributed by atoms with Gasteiger partial charge >= 0.3 is 0 Å². The lowest BCUT2D eigenvalue weighted by Gasteiger charge is -2.57. The van der Waals surface area contributed by atoms with Crippen molar-refractivity contribution < 1.29 is 16.8 Å². The molecule has 0 amide bonds. The predicted octanol–water partition coefficient (Wildman–Crippen LogP) is 3.88. The molecule has 1 unspecified atom stereocenters. The monoisotopic (exact) mass is 293 g/mol. The van der Waals surface area contributed by atoms with Crippen LogP contribution in [-0.4, -0.2) is 17.0 Å². The summed E-state index contributed by atoms with van der Waals surface area (Å²) in [6.45, 7) is 4.00. The molecule has 4 aliphatic rings. The van der Waals surface area contributed by atoms with Gasteiger partial charge in [-0.25, -0.2) is 0 Å². The van der Waals surface area contributed by atoms with Crippen LogP contribution in [0, 0.1) is 28.6 Å². The molecule has 0 saturated heterocycles. The summed E-state index contributed by atoms with van der Waals surface area (Å²) in [5, 5.41) is 10.5. The third kappa shape index (κ3) is 1.78. The van der Waals surface area contributed by atoms with Crippen LogP contribution in [0.4, 0.5) is 0 Å². The van der Waals surface area contributed by atoms with Crippen LogP contribution in [0.25, 0.3) is 0 Å². The number of fused-ring (bicyclic) bond motifs is 5. The Morgan fingerprint density at radius 1 is 1.19 bits per heavy atom. The number of aliphatic hydroxyl groups excluding tert-OH is 1. The molecule has 2 nitrogen and oxygen atoms in total. The molecular formula is C19H28O2. The van der Waals surface area contributed by atoms with Crippen molar-refractivity contribution in [3.05, 3.63) is 11.6 Å². The average Bonchev–Trinajstić information content (AvgIpc) is 2.79. The second-order valence-corrected chi connectivity index (χ2v) is 8.00. The van der Waals surface area contributed by atoms with Crippen LogP contribution in [0.1, 0.15) is 72.0 Å². The van der Waals surface area contributed by atoms with Crippen LogP contribution in [-0.2, 0) is 4.79 Å². The van der Waals surface area contributed by atoms with Crippen LogP contribution in [0.3, 0.4) is 0 Å². The number of ketones is 1. The lowest BCUT2D eigenvalue weighted by Crippen LogP contribution is -2.51. The Balaban J connectivity index is 1.85. The number of carbonyl (C=O) groups excluding carboxylic acids is 1. The van der Waals surface area contributed by atoms with Crippen LogP contribution in [0.5, 0.6) is 0 Å². The third-order valence-electron chi connectivity index (χ3n) is 7.15. The summed E-state index contributed by atoms with van der Waals surface area (Å²) < 4.78 is 41.9. The molecule has 1 N–H and O–H groups in total. The van der Waals surface area contributed by atoms with E-state index in [4.69, 9.17) is 6.85 Å². The van der Waals surface area contributed by atoms with Crippen LogP contribution >= 0.6 is 0 Å². The van der Waals surface area contributed by atoms with Crippen molar-refractivity contribution in [3.63, 3.8) is 0 Å². The van der Waals surface area contributed by atoms with E-state index in [0.29, 0.717) is 0 Å². The third-order valence-corrected chi connectivity index (χ3v) is 7.15. The van der Waals surface area contributed by atoms with Crippen molar-refractivity contribution in [2.45, 2.75) is 71.2 Å². The number of hydrogen-bond donors (Lipinski definition) is 1. The fraction of sp³-hybridized carbons (Fsp3) is 0.842. The highest BCUT2D eigenvalue weighted by molar-refractivity contribution is 5.91. The Bertz CT molecular complexity index is 702. The number of aliphatic hydroxyl groups is 1. The Labute approximate surface area is 135 Å². The lowest BCUT2D eigenvalue weighted by molar-refractivity contribution is -0.118. The molecule has 0 aromatic heterocycles. The molecule has 0 aromatic rings. The first kappa shape index (κ1) is 9.50. The fourth-order valence-electron chi connectivity index (χ4n) is 5.77. The molecule has 0 spiro atoms. The van der Waals surface area contributed by atoms with Crippen molar-refractivity contribution in [2.24, 2.45) is 28.6 Å². The standard InChI is InChI=1S/C19H28O2/c1-18-9-7-13(20)11-12(18)3-4-14-15-5-6-17(21)19(15,2)10-8-16(14)18/h11,14-17,21H,3-10H2,1-2H3/t14-,15-,16-,17?,18-,19-/m0/s1/i3D2,7D2,11D. The van der Waals surface area contributed by atoms with Crippen molar-refractivity contribution in [3.8, 4) is 0 Å². The maximum atomic E-state index is 12.3. The normalized spacial score (nSPS) is 61.5. The van der Waals surface area contributed by atoms with Crippen LogP contribution in [0.2, 0.25) is 0 Å². The highest BCUT2D eigenvalue weighted by Crippen LogP contribution is 2.65. The van der Waals surface area contributed by atoms with E-state index >= 15 is 0 Å². The summed E-state index contributed by atoms with van der Waals surface area (Å²) in [4.78, 5) is 12.3. The predicted molar refractivity (Wildman–Crippen MR) is 82.7 cm³/mol. The maximum Gasteiger partial charge on any atom is 0.155 e. The Kier molecular flexibility index (Phi) is 2.01. The second-order valence-electron chi connectivity index (χ2n) is 8.00. The van der Waals surface area contributed by atoms with Crippen molar-refractivity contribution in [2.75, 3.05) is 0 Å². The zero-order valence-corrected chi connectivity index (χ0v) is 12.9. The minimum Gasteiger partial charge on any atom is -0.393 e. The van der Waals surface area contributed by atoms with Crippen LogP contribution in [0.15, 0.2) is 11.6 Å². The first-order valence-electron chi connectivity index (χ1n) is 10.8. The molecule has 0 aliphatic heterocycles. The highest BCUT2D eigenvalue weighted by Gasteiger charge is 2.58. The Morgan fingerprint density at radius 3 is 2.81 bits per heavy atom. The van der Waals surface area contributed by atoms with E-state index in [1.807, 2.05) is 6.92 Å². The molecular weight excluding hydrogens is 260 g/mol. The van der Waals surface area contributed by atoms with Gasteiger partial charge in [0.25, 0.3) is 0 Å². The van der Waals surface area contributed by atoms with Crippen molar-refractivity contribution in [1.82, 2.24) is 0 Å². The number of rotatable bonds is 0. The van der Waals surface area contributed by atoms with Gasteiger partial charge in [0.15, 0.2) is 5.78 Å². The van der Waals surface area contributed by atoms with Crippen molar-refractivity contribution >= 4 is 5.78 Å². The molecule has 4 rings (SSSR count). The summed E-state index contributed by atoms with van der Waals surface area (Å²) in [6, 6.07) is -0.438. The van der Waals surface area contributed by atoms with E-state index in [1.54, 1.807) is 0 Å². The molecule has 116 valence electrons. The van der Waals surface area contributed by atoms with E-state index in [2.05, 4.69) is 6.92 Å². The number of carbonyl (C=O) groups is 1. The number of allylic oxidation sites excluding steroid dienone is 1. The maximum absolute atomic E-state index is 12.3. The molecule has 3 fully saturated rings. The van der Waals surface area contributed by atoms with Gasteiger partial charge in [0.2, 0.25) is 0 Å². The van der Waals surface area contributed by atoms with Gasteiger partial charge in [-0.1, -0.05) is 19.4 Å². The summed E-state index contributed by atoms with van der Waals surface area (Å²) in [7, 11) is 0. The Morgan fingerprint density at radius 2 is 2.00 bits per heavy atom. The SMILES string of the molecule is [2H]C1=C2C([2H])([2H])C[C@@H]3[C@H](CC[C@]4(C)C(O)CC[C@@H]34)[C@@]2(C)CC([2H])([2H])C1=O. The first-order valence-corrected chi connectivity index (χ1v) is 8.29. The largest absolute Gasteiger partial charge is 0.393 e. The van der Waals surface area contributed by atoms with E-state index in [9.17, 15) is 9.90 Å². The topological polar surface area (TPSA) is 37.3 Å². The van der Waals surface area contributed by atoms with Gasteiger partial charge in [-0.3, -0.25) is 4.79 Å². The average molecular weight is 293 g/mol. The van der Waals surface area contributed by atoms with E-state index < -0.39 is 30.0 Å². The molecule has 0 radical (unpaired) electrons. The summed E-state index contributed by atoms with van der Waals surface area (Å²) in [5.74, 6) is -0.522. The summed E-state index contributed by atoms with van der Waals surface area (Å²) in [6.07, 6.45) is -0.737. The van der Waals surface area contributed by atoms with Crippen molar-refractivity contribution in [1.29, 1.82) is 0 Å². The van der Waals surface area contributed by atoms with Crippen LogP contribution < -0.4 is 0 Å². The fourth-order valence-corrected chi connectivity index (χ4v) is 5.77. The zero-order chi connectivity index (χ0) is 19.3. The molecule has 2 heteroatoms. The Hall–Kier alpha value is -0.630. The number of hydrogen-bond acceptors (Lipinski definition) is 2. The van der Waals surface area contributed by atoms with Gasteiger partial charge in [0, 0.05) is 11.9 Å². The summed E-state index contributed by atoms with van der Waals surface area (Å²) >= 11 is 0. The van der Waals surface area contributed by atoms with Gasteiger partial charge in [0.1, 0.15) is 0 Å². The van der Waals surface area contributed by atoms with Gasteiger partial charge in [0.05, 0.1) is 7.47 Å². The minimum atomic E-state index is -2.11. The van der Waals surface area contributed by atoms with Gasteiger partial charge in [-0.2, -0.15) is 0 Å². The van der Waals surface area contributed by atoms with E-state index in [1.165, 1.54) is 0 Å². The van der Waals surface area contributed by atoms with E-state index in [0.717, 1.165) is 25.7 Å². The smallest absolute Gasteiger partial charge is 0.155 e. The zero-order valence-electron chi connectivity index (χ0n) is 17.9. The molecule has 3 saturated carbocycles. The first-order chi connectivity index (χ1) is 11.8. The van der Waals surface area contributed by atoms with Gasteiger partial charge in [-0.15, -0.1) is 0 Å². The molecule has 21 heavy (non-hydrogen) atoms. The van der Waals surface area contributed by atoms with Gasteiger partial charge in [-0.05, 0) is 79.5 Å². The molecule has 4 aliphatic carbocycles. The lowest BCUT2D eigenvalue weighted by atomic mass is 9.47. The molecule has 0 aromatic carbocycles. The van der Waals surface area contributed by atoms with Gasteiger partial charge < -0.3 is 5.11 Å². The summed E-state index contributed by atoms with van der Waals surface area (Å²) in [5.41, 5.74) is -0.772. The highest BCUT2D eigenvalue weighted by atomic mass is 16.3. The molecule has 0 heterocycles. The molecule has 6 atom stereocenters. The minimum absolute atomic E-state index is 0.0385. The molecule has 0 bridgehead atoms.